The number of aromatic nitrogens is 3. The van der Waals surface area contributed by atoms with Crippen LogP contribution in [0.3, 0.4) is 0 Å². The SMILES string of the molecule is COc1ccc(C)cc1C(C(=O)O)N(C)Cc1nc(-c2ccncc2)no1. The summed E-state index contributed by atoms with van der Waals surface area (Å²) < 4.78 is 10.6. The third-order valence-electron chi connectivity index (χ3n) is 4.15. The number of aryl methyl sites for hydroxylation is 1. The number of rotatable bonds is 7. The minimum Gasteiger partial charge on any atom is -0.496 e. The largest absolute Gasteiger partial charge is 0.496 e. The van der Waals surface area contributed by atoms with Crippen LogP contribution in [0.5, 0.6) is 5.75 Å². The Morgan fingerprint density at radius 2 is 2.04 bits per heavy atom. The zero-order chi connectivity index (χ0) is 19.4. The van der Waals surface area contributed by atoms with E-state index < -0.39 is 12.0 Å². The van der Waals surface area contributed by atoms with E-state index in [1.54, 1.807) is 42.5 Å². The van der Waals surface area contributed by atoms with Crippen LogP contribution in [0.4, 0.5) is 0 Å². The van der Waals surface area contributed by atoms with Crippen molar-refractivity contribution < 1.29 is 19.2 Å². The predicted octanol–water partition coefficient (Wildman–Crippen LogP) is 2.71. The van der Waals surface area contributed by atoms with E-state index >= 15 is 0 Å². The van der Waals surface area contributed by atoms with E-state index in [1.165, 1.54) is 7.11 Å². The second-order valence-electron chi connectivity index (χ2n) is 6.15. The van der Waals surface area contributed by atoms with Gasteiger partial charge in [-0.15, -0.1) is 0 Å². The van der Waals surface area contributed by atoms with Gasteiger partial charge < -0.3 is 14.4 Å². The maximum Gasteiger partial charge on any atom is 0.325 e. The summed E-state index contributed by atoms with van der Waals surface area (Å²) in [4.78, 5) is 21.9. The number of ether oxygens (including phenoxy) is 1. The molecule has 1 atom stereocenters. The third kappa shape index (κ3) is 4.12. The van der Waals surface area contributed by atoms with Crippen molar-refractivity contribution in [3.05, 3.63) is 59.7 Å². The fourth-order valence-electron chi connectivity index (χ4n) is 2.87. The van der Waals surface area contributed by atoms with Gasteiger partial charge in [0, 0.05) is 23.5 Å². The van der Waals surface area contributed by atoms with Gasteiger partial charge in [0.15, 0.2) is 0 Å². The van der Waals surface area contributed by atoms with Gasteiger partial charge in [-0.2, -0.15) is 4.98 Å². The van der Waals surface area contributed by atoms with Crippen molar-refractivity contribution in [2.45, 2.75) is 19.5 Å². The van der Waals surface area contributed by atoms with Gasteiger partial charge >= 0.3 is 5.97 Å². The van der Waals surface area contributed by atoms with Crippen molar-refractivity contribution in [2.75, 3.05) is 14.2 Å². The number of carbonyl (C=O) groups is 1. The topological polar surface area (TPSA) is 102 Å². The van der Waals surface area contributed by atoms with Crippen LogP contribution in [0.1, 0.15) is 23.1 Å². The van der Waals surface area contributed by atoms with Crippen molar-refractivity contribution >= 4 is 5.97 Å². The van der Waals surface area contributed by atoms with Crippen LogP contribution < -0.4 is 4.74 Å². The lowest BCUT2D eigenvalue weighted by Crippen LogP contribution is -2.31. The summed E-state index contributed by atoms with van der Waals surface area (Å²) in [5.41, 5.74) is 2.29. The molecule has 27 heavy (non-hydrogen) atoms. The molecule has 140 valence electrons. The second-order valence-corrected chi connectivity index (χ2v) is 6.15. The van der Waals surface area contributed by atoms with Crippen molar-refractivity contribution in [3.8, 4) is 17.1 Å². The lowest BCUT2D eigenvalue weighted by atomic mass is 10.0. The highest BCUT2D eigenvalue weighted by Crippen LogP contribution is 2.31. The molecular weight excluding hydrogens is 348 g/mol. The number of carboxylic acid groups (broad SMARTS) is 1. The Hall–Kier alpha value is -3.26. The lowest BCUT2D eigenvalue weighted by molar-refractivity contribution is -0.143. The molecule has 1 aromatic carbocycles. The minimum atomic E-state index is -0.990. The Morgan fingerprint density at radius 3 is 2.70 bits per heavy atom. The summed E-state index contributed by atoms with van der Waals surface area (Å²) in [6.45, 7) is 2.08. The molecular formula is C19H20N4O4. The van der Waals surface area contributed by atoms with Crippen LogP contribution in [-0.2, 0) is 11.3 Å². The number of methoxy groups -OCH3 is 1. The highest BCUT2D eigenvalue weighted by Gasteiger charge is 2.29. The number of benzene rings is 1. The van der Waals surface area contributed by atoms with Crippen LogP contribution >= 0.6 is 0 Å². The first-order valence-electron chi connectivity index (χ1n) is 8.30. The molecule has 2 heterocycles. The molecule has 0 fully saturated rings. The molecule has 0 bridgehead atoms. The van der Waals surface area contributed by atoms with E-state index in [4.69, 9.17) is 9.26 Å². The van der Waals surface area contributed by atoms with Gasteiger partial charge in [-0.1, -0.05) is 22.9 Å². The molecule has 8 nitrogen and oxygen atoms in total. The Balaban J connectivity index is 1.85. The van der Waals surface area contributed by atoms with Crippen LogP contribution in [0.15, 0.2) is 47.2 Å². The number of hydrogen-bond donors (Lipinski definition) is 1. The number of likely N-dealkylation sites (N-methyl/N-ethyl adjacent to an activating group) is 1. The van der Waals surface area contributed by atoms with Crippen LogP contribution in [0.2, 0.25) is 0 Å². The van der Waals surface area contributed by atoms with Gasteiger partial charge in [0.2, 0.25) is 11.7 Å². The molecule has 3 aromatic rings. The Labute approximate surface area is 156 Å². The van der Waals surface area contributed by atoms with E-state index in [2.05, 4.69) is 15.1 Å². The summed E-state index contributed by atoms with van der Waals surface area (Å²) >= 11 is 0. The standard InChI is InChI=1S/C19H20N4O4/c1-12-4-5-15(26-3)14(10-12)17(19(24)25)23(2)11-16-21-18(22-27-16)13-6-8-20-9-7-13/h4-10,17H,11H2,1-3H3,(H,24,25). The van der Waals surface area contributed by atoms with Crippen LogP contribution in [0.25, 0.3) is 11.4 Å². The summed E-state index contributed by atoms with van der Waals surface area (Å²) in [5, 5.41) is 13.7. The lowest BCUT2D eigenvalue weighted by Gasteiger charge is -2.25. The molecule has 1 unspecified atom stereocenters. The molecule has 2 aromatic heterocycles. The molecule has 1 N–H and O–H groups in total. The summed E-state index contributed by atoms with van der Waals surface area (Å²) in [5.74, 6) is 0.279. The molecule has 0 saturated carbocycles. The Kier molecular flexibility index (Phi) is 5.46. The number of aliphatic carboxylic acids is 1. The summed E-state index contributed by atoms with van der Waals surface area (Å²) in [7, 11) is 3.21. The molecule has 0 radical (unpaired) electrons. The second kappa shape index (κ2) is 7.96. The van der Waals surface area contributed by atoms with Crippen molar-refractivity contribution in [2.24, 2.45) is 0 Å². The molecule has 0 amide bonds. The molecule has 0 spiro atoms. The highest BCUT2D eigenvalue weighted by atomic mass is 16.5. The first-order chi connectivity index (χ1) is 13.0. The van der Waals surface area contributed by atoms with E-state index in [0.29, 0.717) is 23.0 Å². The summed E-state index contributed by atoms with van der Waals surface area (Å²) in [6.07, 6.45) is 3.28. The van der Waals surface area contributed by atoms with Gasteiger partial charge in [-0.05, 0) is 32.2 Å². The molecule has 8 heteroatoms. The van der Waals surface area contributed by atoms with E-state index in [1.807, 2.05) is 19.1 Å². The smallest absolute Gasteiger partial charge is 0.325 e. The first-order valence-corrected chi connectivity index (χ1v) is 8.30. The summed E-state index contributed by atoms with van der Waals surface area (Å²) in [6, 6.07) is 8.08. The van der Waals surface area contributed by atoms with Gasteiger partial charge in [0.25, 0.3) is 0 Å². The molecule has 0 aliphatic carbocycles. The maximum absolute atomic E-state index is 12.0. The van der Waals surface area contributed by atoms with E-state index in [0.717, 1.165) is 11.1 Å². The van der Waals surface area contributed by atoms with Crippen molar-refractivity contribution in [1.82, 2.24) is 20.0 Å². The van der Waals surface area contributed by atoms with Crippen LogP contribution in [0, 0.1) is 6.92 Å². The Bertz CT molecular complexity index is 926. The number of carboxylic acids is 1. The van der Waals surface area contributed by atoms with Crippen LogP contribution in [-0.4, -0.2) is 45.3 Å². The average molecular weight is 368 g/mol. The predicted molar refractivity (Wildman–Crippen MR) is 97.1 cm³/mol. The minimum absolute atomic E-state index is 0.173. The quantitative estimate of drug-likeness (QED) is 0.679. The monoisotopic (exact) mass is 368 g/mol. The third-order valence-corrected chi connectivity index (χ3v) is 4.15. The van der Waals surface area contributed by atoms with Gasteiger partial charge in [-0.25, -0.2) is 0 Å². The Morgan fingerprint density at radius 1 is 1.30 bits per heavy atom. The number of hydrogen-bond acceptors (Lipinski definition) is 7. The maximum atomic E-state index is 12.0. The highest BCUT2D eigenvalue weighted by molar-refractivity contribution is 5.76. The van der Waals surface area contributed by atoms with E-state index in [-0.39, 0.29) is 6.54 Å². The van der Waals surface area contributed by atoms with Gasteiger partial charge in [0.05, 0.1) is 13.7 Å². The average Bonchev–Trinajstić information content (AvgIpc) is 3.11. The number of pyridine rings is 1. The van der Waals surface area contributed by atoms with E-state index in [9.17, 15) is 9.90 Å². The first kappa shape index (κ1) is 18.5. The van der Waals surface area contributed by atoms with Gasteiger partial charge in [-0.3, -0.25) is 14.7 Å². The molecule has 0 aliphatic heterocycles. The van der Waals surface area contributed by atoms with Crippen molar-refractivity contribution in [3.63, 3.8) is 0 Å². The van der Waals surface area contributed by atoms with Gasteiger partial charge in [0.1, 0.15) is 11.8 Å². The molecule has 0 aliphatic rings. The normalized spacial score (nSPS) is 12.1. The zero-order valence-corrected chi connectivity index (χ0v) is 15.3. The zero-order valence-electron chi connectivity index (χ0n) is 15.3. The number of nitrogens with zero attached hydrogens (tertiary/aromatic N) is 4. The fourth-order valence-corrected chi connectivity index (χ4v) is 2.87. The molecule has 0 saturated heterocycles. The fraction of sp³-hybridized carbons (Fsp3) is 0.263. The molecule has 3 rings (SSSR count). The van der Waals surface area contributed by atoms with Crippen molar-refractivity contribution in [1.29, 1.82) is 0 Å².